The molecule has 7 heteroatoms. The van der Waals surface area contributed by atoms with Gasteiger partial charge in [-0.25, -0.2) is 0 Å². The minimum atomic E-state index is -0.196. The fraction of sp³-hybridized carbons (Fsp3) is 0.667. The van der Waals surface area contributed by atoms with Gasteiger partial charge in [0.2, 0.25) is 12.5 Å². The predicted octanol–water partition coefficient (Wildman–Crippen LogP) is 3.38. The third-order valence-electron chi connectivity index (χ3n) is 6.25. The molecule has 0 unspecified atom stereocenters. The molecule has 7 nitrogen and oxygen atoms in total. The van der Waals surface area contributed by atoms with E-state index in [4.69, 9.17) is 18.9 Å². The first-order valence-electron chi connectivity index (χ1n) is 9.98. The van der Waals surface area contributed by atoms with Crippen LogP contribution in [0.1, 0.15) is 50.3 Å². The molecule has 3 aliphatic heterocycles. The molecule has 0 aromatic heterocycles. The molecule has 1 N–H and O–H groups in total. The second kappa shape index (κ2) is 7.44. The summed E-state index contributed by atoms with van der Waals surface area (Å²) in [5.74, 6) is 2.39. The van der Waals surface area contributed by atoms with Crippen LogP contribution in [0.4, 0.5) is 0 Å². The van der Waals surface area contributed by atoms with E-state index in [1.165, 1.54) is 5.56 Å². The maximum atomic E-state index is 9.85. The van der Waals surface area contributed by atoms with Crippen molar-refractivity contribution in [1.29, 1.82) is 0 Å². The van der Waals surface area contributed by atoms with Crippen LogP contribution in [0.25, 0.3) is 0 Å². The van der Waals surface area contributed by atoms with Crippen LogP contribution in [0, 0.1) is 5.92 Å². The molecule has 154 valence electrons. The molecule has 2 atom stereocenters. The molecule has 1 aromatic carbocycles. The van der Waals surface area contributed by atoms with Crippen LogP contribution in [0.3, 0.4) is 0 Å². The smallest absolute Gasteiger partial charge is 0.231 e. The second-order valence-electron chi connectivity index (χ2n) is 8.56. The standard InChI is InChI=1S/C21H30N2O5/c1-21(2)11-14(6-8-28-21)15(22-24)10-16-18-13(5-7-23(16)3)9-17-19(20(18)25-4)27-12-26-17/h9,14,16,24H,5-8,10-12H2,1-4H3/t14-,16-/m0/s1. The van der Waals surface area contributed by atoms with Crippen molar-refractivity contribution in [2.24, 2.45) is 11.1 Å². The van der Waals surface area contributed by atoms with E-state index in [-0.39, 0.29) is 24.4 Å². The molecule has 0 aliphatic carbocycles. The van der Waals surface area contributed by atoms with Gasteiger partial charge < -0.3 is 24.2 Å². The van der Waals surface area contributed by atoms with Crippen molar-refractivity contribution >= 4 is 5.71 Å². The largest absolute Gasteiger partial charge is 0.492 e. The van der Waals surface area contributed by atoms with Gasteiger partial charge in [0.25, 0.3) is 0 Å². The quantitative estimate of drug-likeness (QED) is 0.483. The minimum Gasteiger partial charge on any atom is -0.492 e. The second-order valence-corrected chi connectivity index (χ2v) is 8.56. The summed E-state index contributed by atoms with van der Waals surface area (Å²) in [5, 5.41) is 13.6. The molecule has 1 fully saturated rings. The number of benzene rings is 1. The van der Waals surface area contributed by atoms with Crippen molar-refractivity contribution in [3.63, 3.8) is 0 Å². The lowest BCUT2D eigenvalue weighted by Crippen LogP contribution is -2.39. The van der Waals surface area contributed by atoms with Gasteiger partial charge >= 0.3 is 0 Å². The first-order chi connectivity index (χ1) is 13.4. The molecular formula is C21H30N2O5. The molecule has 0 bridgehead atoms. The van der Waals surface area contributed by atoms with Gasteiger partial charge in [0.05, 0.1) is 18.4 Å². The van der Waals surface area contributed by atoms with E-state index in [2.05, 4.69) is 37.0 Å². The Balaban J connectivity index is 1.67. The Kier molecular flexibility index (Phi) is 5.14. The normalized spacial score (nSPS) is 26.8. The Hall–Kier alpha value is -1.99. The van der Waals surface area contributed by atoms with Gasteiger partial charge in [0.1, 0.15) is 0 Å². The fourth-order valence-electron chi connectivity index (χ4n) is 4.79. The highest BCUT2D eigenvalue weighted by Gasteiger charge is 2.37. The van der Waals surface area contributed by atoms with Gasteiger partial charge in [-0.2, -0.15) is 0 Å². The molecule has 3 aliphatic rings. The van der Waals surface area contributed by atoms with E-state index < -0.39 is 0 Å². The molecule has 0 amide bonds. The number of methoxy groups -OCH3 is 1. The average Bonchev–Trinajstić information content (AvgIpc) is 3.13. The average molecular weight is 390 g/mol. The Morgan fingerprint density at radius 3 is 2.93 bits per heavy atom. The van der Waals surface area contributed by atoms with Crippen LogP contribution in [-0.4, -0.2) is 55.5 Å². The Bertz CT molecular complexity index is 777. The van der Waals surface area contributed by atoms with E-state index in [0.29, 0.717) is 18.8 Å². The van der Waals surface area contributed by atoms with Crippen LogP contribution in [-0.2, 0) is 11.2 Å². The third-order valence-corrected chi connectivity index (χ3v) is 6.25. The summed E-state index contributed by atoms with van der Waals surface area (Å²) in [6.07, 6.45) is 3.31. The summed E-state index contributed by atoms with van der Waals surface area (Å²) >= 11 is 0. The summed E-state index contributed by atoms with van der Waals surface area (Å²) in [5.41, 5.74) is 2.97. The van der Waals surface area contributed by atoms with Crippen LogP contribution < -0.4 is 14.2 Å². The molecule has 1 saturated heterocycles. The van der Waals surface area contributed by atoms with E-state index in [1.54, 1.807) is 7.11 Å². The number of oxime groups is 1. The highest BCUT2D eigenvalue weighted by molar-refractivity contribution is 5.87. The SMILES string of the molecule is COc1c2c(cc3c1[C@H](CC(=NO)[C@H]1CCOC(C)(C)C1)N(C)CC3)OCO2. The van der Waals surface area contributed by atoms with Gasteiger partial charge in [-0.1, -0.05) is 5.16 Å². The number of nitrogens with zero attached hydrogens (tertiary/aromatic N) is 2. The summed E-state index contributed by atoms with van der Waals surface area (Å²) in [6.45, 7) is 6.03. The molecule has 28 heavy (non-hydrogen) atoms. The number of ether oxygens (including phenoxy) is 4. The van der Waals surface area contributed by atoms with Crippen LogP contribution >= 0.6 is 0 Å². The van der Waals surface area contributed by atoms with Crippen molar-refractivity contribution in [3.8, 4) is 17.2 Å². The molecule has 0 spiro atoms. The van der Waals surface area contributed by atoms with Gasteiger partial charge in [-0.3, -0.25) is 4.90 Å². The van der Waals surface area contributed by atoms with Gasteiger partial charge in [0, 0.05) is 37.1 Å². The van der Waals surface area contributed by atoms with Gasteiger partial charge in [0.15, 0.2) is 11.5 Å². The minimum absolute atomic E-state index is 0.0602. The highest BCUT2D eigenvalue weighted by Crippen LogP contribution is 2.50. The molecule has 1 aromatic rings. The summed E-state index contributed by atoms with van der Waals surface area (Å²) in [4.78, 5) is 2.31. The lowest BCUT2D eigenvalue weighted by atomic mass is 9.80. The van der Waals surface area contributed by atoms with Gasteiger partial charge in [-0.05, 0) is 51.8 Å². The first-order valence-corrected chi connectivity index (χ1v) is 9.98. The van der Waals surface area contributed by atoms with Crippen molar-refractivity contribution in [1.82, 2.24) is 4.90 Å². The molecule has 0 saturated carbocycles. The lowest BCUT2D eigenvalue weighted by molar-refractivity contribution is -0.0622. The Labute approximate surface area is 166 Å². The van der Waals surface area contributed by atoms with E-state index in [1.807, 2.05) is 0 Å². The Morgan fingerprint density at radius 2 is 2.21 bits per heavy atom. The number of hydrogen-bond donors (Lipinski definition) is 1. The van der Waals surface area contributed by atoms with Gasteiger partial charge in [-0.15, -0.1) is 0 Å². The van der Waals surface area contributed by atoms with Crippen molar-refractivity contribution in [2.75, 3.05) is 34.1 Å². The highest BCUT2D eigenvalue weighted by atomic mass is 16.7. The maximum Gasteiger partial charge on any atom is 0.231 e. The zero-order valence-electron chi connectivity index (χ0n) is 17.2. The monoisotopic (exact) mass is 390 g/mol. The van der Waals surface area contributed by atoms with Crippen LogP contribution in [0.2, 0.25) is 0 Å². The lowest BCUT2D eigenvalue weighted by Gasteiger charge is -2.39. The van der Waals surface area contributed by atoms with E-state index in [0.717, 1.165) is 48.6 Å². The zero-order chi connectivity index (χ0) is 19.9. The van der Waals surface area contributed by atoms with Crippen molar-refractivity contribution < 1.29 is 24.2 Å². The fourth-order valence-corrected chi connectivity index (χ4v) is 4.79. The van der Waals surface area contributed by atoms with Crippen LogP contribution in [0.5, 0.6) is 17.2 Å². The number of rotatable bonds is 4. The predicted molar refractivity (Wildman–Crippen MR) is 105 cm³/mol. The zero-order valence-corrected chi connectivity index (χ0v) is 17.2. The first kappa shape index (κ1) is 19.3. The summed E-state index contributed by atoms with van der Waals surface area (Å²) in [6, 6.07) is 2.14. The third kappa shape index (κ3) is 3.42. The molecule has 0 radical (unpaired) electrons. The van der Waals surface area contributed by atoms with E-state index in [9.17, 15) is 5.21 Å². The van der Waals surface area contributed by atoms with Crippen molar-refractivity contribution in [2.45, 2.75) is 51.2 Å². The summed E-state index contributed by atoms with van der Waals surface area (Å²) < 4.78 is 22.9. The maximum absolute atomic E-state index is 9.85. The molecule has 4 rings (SSSR count). The number of fused-ring (bicyclic) bond motifs is 2. The summed E-state index contributed by atoms with van der Waals surface area (Å²) in [7, 11) is 3.78. The topological polar surface area (TPSA) is 72.8 Å². The van der Waals surface area contributed by atoms with E-state index >= 15 is 0 Å². The number of likely N-dealkylation sites (N-methyl/N-ethyl adjacent to an activating group) is 1. The Morgan fingerprint density at radius 1 is 1.39 bits per heavy atom. The van der Waals surface area contributed by atoms with Crippen molar-refractivity contribution in [3.05, 3.63) is 17.2 Å². The molecule has 3 heterocycles. The molecular weight excluding hydrogens is 360 g/mol. The van der Waals surface area contributed by atoms with Crippen LogP contribution in [0.15, 0.2) is 11.2 Å². The number of hydrogen-bond acceptors (Lipinski definition) is 7.